The molecule has 1 aromatic carbocycles. The number of piperidine rings is 1. The van der Waals surface area contributed by atoms with E-state index >= 15 is 0 Å². The second-order valence-corrected chi connectivity index (χ2v) is 7.52. The van der Waals surface area contributed by atoms with E-state index in [2.05, 4.69) is 11.5 Å². The van der Waals surface area contributed by atoms with E-state index in [9.17, 15) is 4.79 Å². The number of hydrogen-bond acceptors (Lipinski definition) is 2. The van der Waals surface area contributed by atoms with Crippen molar-refractivity contribution in [1.82, 2.24) is 9.47 Å². The monoisotopic (exact) mass is 395 g/mol. The van der Waals surface area contributed by atoms with Gasteiger partial charge in [-0.1, -0.05) is 11.6 Å². The van der Waals surface area contributed by atoms with E-state index in [0.717, 1.165) is 48.6 Å². The van der Waals surface area contributed by atoms with Crippen LogP contribution in [-0.2, 0) is 0 Å². The van der Waals surface area contributed by atoms with E-state index in [1.54, 1.807) is 0 Å². The summed E-state index contributed by atoms with van der Waals surface area (Å²) in [6.07, 6.45) is 1.97. The van der Waals surface area contributed by atoms with Crippen molar-refractivity contribution in [3.8, 4) is 5.69 Å². The molecule has 0 spiro atoms. The summed E-state index contributed by atoms with van der Waals surface area (Å²) in [5.41, 5.74) is 9.83. The zero-order valence-electron chi connectivity index (χ0n) is 15.5. The molecule has 1 fully saturated rings. The number of carbonyl (C=O) groups excluding carboxylic acids is 1. The van der Waals surface area contributed by atoms with Crippen molar-refractivity contribution in [1.29, 1.82) is 0 Å². The number of amides is 1. The lowest BCUT2D eigenvalue weighted by Gasteiger charge is -2.33. The molecule has 0 radical (unpaired) electrons. The van der Waals surface area contributed by atoms with E-state index < -0.39 is 0 Å². The maximum Gasteiger partial charge on any atom is 0.255 e. The van der Waals surface area contributed by atoms with Crippen molar-refractivity contribution < 1.29 is 4.79 Å². The molecular weight excluding hydrogens is 369 g/mol. The van der Waals surface area contributed by atoms with Crippen LogP contribution in [0.4, 0.5) is 0 Å². The van der Waals surface area contributed by atoms with Crippen LogP contribution in [0.25, 0.3) is 5.69 Å². The minimum absolute atomic E-state index is 0. The van der Waals surface area contributed by atoms with Crippen molar-refractivity contribution in [3.63, 3.8) is 0 Å². The smallest absolute Gasteiger partial charge is 0.255 e. The van der Waals surface area contributed by atoms with Gasteiger partial charge in [-0.05, 0) is 69.9 Å². The van der Waals surface area contributed by atoms with Gasteiger partial charge in [0, 0.05) is 41.2 Å². The minimum Gasteiger partial charge on any atom is -0.339 e. The molecule has 1 aliphatic heterocycles. The number of aryl methyl sites for hydroxylation is 1. The number of nitrogens with zero attached hydrogens (tertiary/aromatic N) is 2. The fraction of sp³-hybridized carbons (Fsp3) is 0.450. The Labute approximate surface area is 166 Å². The van der Waals surface area contributed by atoms with E-state index in [4.69, 9.17) is 17.3 Å². The predicted molar refractivity (Wildman–Crippen MR) is 110 cm³/mol. The summed E-state index contributed by atoms with van der Waals surface area (Å²) >= 11 is 5.99. The zero-order valence-corrected chi connectivity index (χ0v) is 17.1. The van der Waals surface area contributed by atoms with Crippen LogP contribution < -0.4 is 5.73 Å². The third-order valence-electron chi connectivity index (χ3n) is 5.32. The highest BCUT2D eigenvalue weighted by atomic mass is 35.5. The lowest BCUT2D eigenvalue weighted by atomic mass is 9.90. The minimum atomic E-state index is 0. The van der Waals surface area contributed by atoms with Gasteiger partial charge in [0.2, 0.25) is 0 Å². The Morgan fingerprint density at radius 1 is 1.19 bits per heavy atom. The molecule has 4 nitrogen and oxygen atoms in total. The highest BCUT2D eigenvalue weighted by Gasteiger charge is 2.27. The number of hydrogen-bond donors (Lipinski definition) is 1. The third-order valence-corrected chi connectivity index (χ3v) is 5.57. The number of carbonyl (C=O) groups is 1. The molecule has 0 aliphatic carbocycles. The fourth-order valence-corrected chi connectivity index (χ4v) is 3.89. The van der Waals surface area contributed by atoms with Crippen molar-refractivity contribution in [2.24, 2.45) is 11.7 Å². The molecule has 26 heavy (non-hydrogen) atoms. The third kappa shape index (κ3) is 4.08. The van der Waals surface area contributed by atoms with Crippen molar-refractivity contribution in [2.45, 2.75) is 39.7 Å². The molecule has 2 aromatic rings. The number of halogens is 2. The Balaban J connectivity index is 0.00000243. The first-order valence-corrected chi connectivity index (χ1v) is 9.26. The van der Waals surface area contributed by atoms with Crippen LogP contribution in [0.3, 0.4) is 0 Å². The Bertz CT molecular complexity index is 760. The summed E-state index contributed by atoms with van der Waals surface area (Å²) in [4.78, 5) is 15.0. The van der Waals surface area contributed by atoms with Gasteiger partial charge in [0.25, 0.3) is 5.91 Å². The first-order valence-electron chi connectivity index (χ1n) is 8.88. The van der Waals surface area contributed by atoms with Crippen LogP contribution in [-0.4, -0.2) is 34.5 Å². The standard InChI is InChI=1S/C20H26ClN3O.ClH/c1-13-12-19(15(3)24(13)18-6-4-17(21)5-7-18)20(25)23-10-8-16(9-11-23)14(2)22;/h4-7,12,14,16H,8-11,22H2,1-3H3;1H. The number of nitrogens with two attached hydrogens (primary N) is 1. The second-order valence-electron chi connectivity index (χ2n) is 7.09. The maximum atomic E-state index is 13.0. The summed E-state index contributed by atoms with van der Waals surface area (Å²) in [6, 6.07) is 9.89. The molecule has 1 atom stereocenters. The van der Waals surface area contributed by atoms with Gasteiger partial charge in [-0.25, -0.2) is 0 Å². The van der Waals surface area contributed by atoms with Gasteiger partial charge in [-0.15, -0.1) is 12.4 Å². The Morgan fingerprint density at radius 3 is 2.31 bits per heavy atom. The number of aromatic nitrogens is 1. The molecule has 1 unspecified atom stereocenters. The van der Waals surface area contributed by atoms with Crippen LogP contribution in [0.5, 0.6) is 0 Å². The molecular formula is C20H27Cl2N3O. The van der Waals surface area contributed by atoms with Crippen LogP contribution >= 0.6 is 24.0 Å². The Hall–Kier alpha value is -1.49. The average molecular weight is 396 g/mol. The van der Waals surface area contributed by atoms with E-state index in [-0.39, 0.29) is 24.4 Å². The first-order chi connectivity index (χ1) is 11.9. The van der Waals surface area contributed by atoms with Crippen molar-refractivity contribution >= 4 is 29.9 Å². The maximum absolute atomic E-state index is 13.0. The summed E-state index contributed by atoms with van der Waals surface area (Å²) < 4.78 is 2.11. The molecule has 3 rings (SSSR count). The molecule has 2 N–H and O–H groups in total. The van der Waals surface area contributed by atoms with Crippen molar-refractivity contribution in [2.75, 3.05) is 13.1 Å². The Kier molecular flexibility index (Phi) is 6.78. The number of likely N-dealkylation sites (tertiary alicyclic amines) is 1. The highest BCUT2D eigenvalue weighted by molar-refractivity contribution is 6.30. The van der Waals surface area contributed by atoms with Gasteiger partial charge < -0.3 is 15.2 Å². The number of benzene rings is 1. The lowest BCUT2D eigenvalue weighted by molar-refractivity contribution is 0.0680. The average Bonchev–Trinajstić information content (AvgIpc) is 2.90. The summed E-state index contributed by atoms with van der Waals surface area (Å²) in [5, 5.41) is 0.708. The van der Waals surface area contributed by atoms with Gasteiger partial charge in [0.15, 0.2) is 0 Å². The van der Waals surface area contributed by atoms with Gasteiger partial charge in [0.1, 0.15) is 0 Å². The summed E-state index contributed by atoms with van der Waals surface area (Å²) in [6.45, 7) is 7.66. The first kappa shape index (κ1) is 20.8. The van der Waals surface area contributed by atoms with Crippen molar-refractivity contribution in [3.05, 3.63) is 52.3 Å². The molecule has 1 saturated heterocycles. The van der Waals surface area contributed by atoms with Gasteiger partial charge in [-0.2, -0.15) is 0 Å². The normalized spacial score (nSPS) is 16.3. The molecule has 1 aliphatic rings. The second kappa shape index (κ2) is 8.47. The van der Waals surface area contributed by atoms with Gasteiger partial charge in [-0.3, -0.25) is 4.79 Å². The van der Waals surface area contributed by atoms with Gasteiger partial charge >= 0.3 is 0 Å². The van der Waals surface area contributed by atoms with Gasteiger partial charge in [0.05, 0.1) is 5.56 Å². The highest BCUT2D eigenvalue weighted by Crippen LogP contribution is 2.26. The molecule has 6 heteroatoms. The topological polar surface area (TPSA) is 51.3 Å². The quantitative estimate of drug-likeness (QED) is 0.838. The van der Waals surface area contributed by atoms with Crippen LogP contribution in [0.2, 0.25) is 5.02 Å². The lowest BCUT2D eigenvalue weighted by Crippen LogP contribution is -2.42. The molecule has 2 heterocycles. The zero-order chi connectivity index (χ0) is 18.1. The fourth-order valence-electron chi connectivity index (χ4n) is 3.77. The predicted octanol–water partition coefficient (Wildman–Crippen LogP) is 4.37. The summed E-state index contributed by atoms with van der Waals surface area (Å²) in [5.74, 6) is 0.641. The van der Waals surface area contributed by atoms with E-state index in [0.29, 0.717) is 10.9 Å². The number of rotatable bonds is 3. The molecule has 0 saturated carbocycles. The molecule has 0 bridgehead atoms. The van der Waals surface area contributed by atoms with Crippen LogP contribution in [0.1, 0.15) is 41.5 Å². The van der Waals surface area contributed by atoms with E-state index in [1.165, 1.54) is 0 Å². The van der Waals surface area contributed by atoms with E-state index in [1.807, 2.05) is 49.1 Å². The molecule has 1 amide bonds. The van der Waals surface area contributed by atoms with Crippen LogP contribution in [0, 0.1) is 19.8 Å². The molecule has 1 aromatic heterocycles. The summed E-state index contributed by atoms with van der Waals surface area (Å²) in [7, 11) is 0. The molecule has 142 valence electrons. The largest absolute Gasteiger partial charge is 0.339 e. The van der Waals surface area contributed by atoms with Crippen LogP contribution in [0.15, 0.2) is 30.3 Å². The Morgan fingerprint density at radius 2 is 1.77 bits per heavy atom. The SMILES string of the molecule is Cc1cc(C(=O)N2CCC(C(C)N)CC2)c(C)n1-c1ccc(Cl)cc1.Cl.